The van der Waals surface area contributed by atoms with Gasteiger partial charge in [-0.2, -0.15) is 0 Å². The number of carbonyl (C=O) groups is 1. The molecule has 2 aromatic carbocycles. The van der Waals surface area contributed by atoms with Crippen LogP contribution in [0, 0.1) is 17.0 Å². The highest BCUT2D eigenvalue weighted by molar-refractivity contribution is 8.00. The van der Waals surface area contributed by atoms with Crippen molar-refractivity contribution in [3.63, 3.8) is 0 Å². The van der Waals surface area contributed by atoms with Gasteiger partial charge in [-0.25, -0.2) is 0 Å². The Hall–Kier alpha value is -1.76. The van der Waals surface area contributed by atoms with E-state index in [2.05, 4.69) is 5.32 Å². The second-order valence-electron chi connectivity index (χ2n) is 4.67. The highest BCUT2D eigenvalue weighted by Gasteiger charge is 2.16. The quantitative estimate of drug-likeness (QED) is 0.459. The molecule has 5 nitrogen and oxygen atoms in total. The van der Waals surface area contributed by atoms with Gasteiger partial charge >= 0.3 is 0 Å². The number of hydrogen-bond acceptors (Lipinski definition) is 4. The molecule has 0 atom stereocenters. The molecule has 0 radical (unpaired) electrons. The van der Waals surface area contributed by atoms with Crippen molar-refractivity contribution in [3.05, 3.63) is 62.1 Å². The second-order valence-corrected chi connectivity index (χ2v) is 6.56. The Bertz CT molecular complexity index is 751. The molecule has 0 saturated heterocycles. The predicted molar refractivity (Wildman–Crippen MR) is 93.6 cm³/mol. The number of thioether (sulfide) groups is 1. The van der Waals surface area contributed by atoms with Crippen molar-refractivity contribution in [1.29, 1.82) is 0 Å². The third-order valence-corrected chi connectivity index (χ3v) is 4.51. The number of anilines is 1. The van der Waals surface area contributed by atoms with Gasteiger partial charge in [-0.15, -0.1) is 11.8 Å². The number of nitro benzene ring substituents is 1. The van der Waals surface area contributed by atoms with Crippen molar-refractivity contribution < 1.29 is 9.72 Å². The van der Waals surface area contributed by atoms with E-state index in [0.29, 0.717) is 16.3 Å². The number of aryl methyl sites for hydroxylation is 1. The molecule has 0 aliphatic carbocycles. The van der Waals surface area contributed by atoms with Crippen LogP contribution in [0.1, 0.15) is 5.56 Å². The van der Waals surface area contributed by atoms with Gasteiger partial charge in [0.2, 0.25) is 5.91 Å². The van der Waals surface area contributed by atoms with E-state index in [-0.39, 0.29) is 22.4 Å². The van der Waals surface area contributed by atoms with Crippen LogP contribution in [0.15, 0.2) is 41.3 Å². The van der Waals surface area contributed by atoms with E-state index in [1.54, 1.807) is 19.1 Å². The molecule has 2 rings (SSSR count). The maximum Gasteiger partial charge on any atom is 0.288 e. The molecule has 0 heterocycles. The van der Waals surface area contributed by atoms with Gasteiger partial charge in [0.1, 0.15) is 5.02 Å². The Balaban J connectivity index is 2.01. The van der Waals surface area contributed by atoms with Crippen LogP contribution >= 0.6 is 35.0 Å². The van der Waals surface area contributed by atoms with Gasteiger partial charge in [-0.3, -0.25) is 14.9 Å². The van der Waals surface area contributed by atoms with Crippen LogP contribution in [-0.4, -0.2) is 16.6 Å². The van der Waals surface area contributed by atoms with E-state index < -0.39 is 4.92 Å². The molecule has 0 spiro atoms. The summed E-state index contributed by atoms with van der Waals surface area (Å²) in [5.41, 5.74) is 0.853. The first-order chi connectivity index (χ1) is 10.9. The molecular formula is C15H12Cl2N2O3S. The van der Waals surface area contributed by atoms with Gasteiger partial charge in [-0.05, 0) is 42.8 Å². The first kappa shape index (κ1) is 17.6. The minimum atomic E-state index is -0.558. The number of benzene rings is 2. The minimum Gasteiger partial charge on any atom is -0.325 e. The largest absolute Gasteiger partial charge is 0.325 e. The number of rotatable bonds is 5. The monoisotopic (exact) mass is 370 g/mol. The summed E-state index contributed by atoms with van der Waals surface area (Å²) in [5, 5.41) is 14.1. The Morgan fingerprint density at radius 1 is 1.26 bits per heavy atom. The smallest absolute Gasteiger partial charge is 0.288 e. The van der Waals surface area contributed by atoms with E-state index in [0.717, 1.165) is 4.90 Å². The Morgan fingerprint density at radius 2 is 1.91 bits per heavy atom. The molecule has 0 saturated carbocycles. The molecule has 120 valence electrons. The van der Waals surface area contributed by atoms with Crippen LogP contribution in [0.4, 0.5) is 11.4 Å². The summed E-state index contributed by atoms with van der Waals surface area (Å²) in [6.45, 7) is 1.67. The number of nitrogens with one attached hydrogen (secondary N) is 1. The molecule has 1 N–H and O–H groups in total. The minimum absolute atomic E-state index is 0.0127. The average molecular weight is 371 g/mol. The van der Waals surface area contributed by atoms with Gasteiger partial charge in [0.05, 0.1) is 10.7 Å². The highest BCUT2D eigenvalue weighted by Crippen LogP contribution is 2.30. The van der Waals surface area contributed by atoms with E-state index in [1.807, 2.05) is 12.1 Å². The topological polar surface area (TPSA) is 72.2 Å². The van der Waals surface area contributed by atoms with Gasteiger partial charge in [0.25, 0.3) is 5.69 Å². The molecule has 0 aromatic heterocycles. The van der Waals surface area contributed by atoms with Crippen molar-refractivity contribution in [1.82, 2.24) is 0 Å². The normalized spacial score (nSPS) is 10.4. The first-order valence-electron chi connectivity index (χ1n) is 6.49. The average Bonchev–Trinajstić information content (AvgIpc) is 2.49. The van der Waals surface area contributed by atoms with Gasteiger partial charge < -0.3 is 5.32 Å². The summed E-state index contributed by atoms with van der Waals surface area (Å²) >= 11 is 13.0. The van der Waals surface area contributed by atoms with Crippen molar-refractivity contribution >= 4 is 52.2 Å². The van der Waals surface area contributed by atoms with Crippen LogP contribution in [0.2, 0.25) is 10.0 Å². The third-order valence-electron chi connectivity index (χ3n) is 2.95. The van der Waals surface area contributed by atoms with Crippen LogP contribution in [-0.2, 0) is 4.79 Å². The third kappa shape index (κ3) is 4.86. The van der Waals surface area contributed by atoms with Gasteiger partial charge in [0, 0.05) is 21.7 Å². The molecular weight excluding hydrogens is 359 g/mol. The summed E-state index contributed by atoms with van der Waals surface area (Å²) in [6, 6.07) is 9.89. The van der Waals surface area contributed by atoms with Crippen molar-refractivity contribution in [2.24, 2.45) is 0 Å². The Morgan fingerprint density at radius 3 is 2.52 bits per heavy atom. The summed E-state index contributed by atoms with van der Waals surface area (Å²) < 4.78 is 0. The van der Waals surface area contributed by atoms with E-state index >= 15 is 0 Å². The van der Waals surface area contributed by atoms with Crippen molar-refractivity contribution in [2.75, 3.05) is 11.1 Å². The fourth-order valence-electron chi connectivity index (χ4n) is 1.81. The molecule has 0 aliphatic heterocycles. The number of hydrogen-bond donors (Lipinski definition) is 1. The lowest BCUT2D eigenvalue weighted by atomic mass is 10.2. The van der Waals surface area contributed by atoms with Crippen molar-refractivity contribution in [3.8, 4) is 0 Å². The number of nitro groups is 1. The van der Waals surface area contributed by atoms with E-state index in [9.17, 15) is 14.9 Å². The zero-order valence-electron chi connectivity index (χ0n) is 12.0. The van der Waals surface area contributed by atoms with Crippen LogP contribution in [0.25, 0.3) is 0 Å². The zero-order chi connectivity index (χ0) is 17.0. The molecule has 0 unspecified atom stereocenters. The molecule has 0 aliphatic rings. The van der Waals surface area contributed by atoms with Crippen LogP contribution < -0.4 is 5.32 Å². The van der Waals surface area contributed by atoms with Crippen LogP contribution in [0.3, 0.4) is 0 Å². The molecule has 2 aromatic rings. The zero-order valence-corrected chi connectivity index (χ0v) is 14.3. The standard InChI is InChI=1S/C15H12Cl2N2O3S/c1-9-6-14(19(21)22)12(17)7-13(9)18-15(20)8-23-11-4-2-10(16)3-5-11/h2-7H,8H2,1H3,(H,18,20). The molecule has 0 bridgehead atoms. The maximum absolute atomic E-state index is 12.0. The Kier molecular flexibility index (Phi) is 5.87. The second kappa shape index (κ2) is 7.68. The fourth-order valence-corrected chi connectivity index (χ4v) is 2.86. The summed E-state index contributed by atoms with van der Waals surface area (Å²) in [5.74, 6) is -0.0201. The fraction of sp³-hybridized carbons (Fsp3) is 0.133. The maximum atomic E-state index is 12.0. The lowest BCUT2D eigenvalue weighted by molar-refractivity contribution is -0.384. The number of nitrogens with zero attached hydrogens (tertiary/aromatic N) is 1. The van der Waals surface area contributed by atoms with Crippen LogP contribution in [0.5, 0.6) is 0 Å². The summed E-state index contributed by atoms with van der Waals surface area (Å²) in [4.78, 5) is 23.2. The number of amides is 1. The molecule has 0 fully saturated rings. The van der Waals surface area contributed by atoms with E-state index in [1.165, 1.54) is 23.9 Å². The lowest BCUT2D eigenvalue weighted by Crippen LogP contribution is -2.15. The summed E-state index contributed by atoms with van der Waals surface area (Å²) in [6.07, 6.45) is 0. The SMILES string of the molecule is Cc1cc([N+](=O)[O-])c(Cl)cc1NC(=O)CSc1ccc(Cl)cc1. The summed E-state index contributed by atoms with van der Waals surface area (Å²) in [7, 11) is 0. The molecule has 1 amide bonds. The molecule has 8 heteroatoms. The molecule has 23 heavy (non-hydrogen) atoms. The van der Waals surface area contributed by atoms with Gasteiger partial charge in [-0.1, -0.05) is 23.2 Å². The first-order valence-corrected chi connectivity index (χ1v) is 8.23. The van der Waals surface area contributed by atoms with Crippen molar-refractivity contribution in [2.45, 2.75) is 11.8 Å². The van der Waals surface area contributed by atoms with Gasteiger partial charge in [0.15, 0.2) is 0 Å². The lowest BCUT2D eigenvalue weighted by Gasteiger charge is -2.09. The predicted octanol–water partition coefficient (Wildman–Crippen LogP) is 4.94. The number of halogens is 2. The highest BCUT2D eigenvalue weighted by atomic mass is 35.5. The van der Waals surface area contributed by atoms with E-state index in [4.69, 9.17) is 23.2 Å². The Labute approximate surface area is 147 Å². The number of carbonyl (C=O) groups excluding carboxylic acids is 1.